The maximum absolute atomic E-state index is 12.5. The van der Waals surface area contributed by atoms with Gasteiger partial charge in [-0.25, -0.2) is 0 Å². The smallest absolute Gasteiger partial charge is 0.272 e. The maximum atomic E-state index is 12.5. The van der Waals surface area contributed by atoms with Gasteiger partial charge < -0.3 is 19.8 Å². The Kier molecular flexibility index (Phi) is 4.49. The molecule has 0 atom stereocenters. The lowest BCUT2D eigenvalue weighted by molar-refractivity contribution is 0.102. The molecule has 1 heterocycles. The van der Waals surface area contributed by atoms with Crippen molar-refractivity contribution in [3.8, 4) is 17.2 Å². The van der Waals surface area contributed by atoms with Gasteiger partial charge in [0.05, 0.1) is 7.11 Å². The molecule has 0 fully saturated rings. The number of methoxy groups -OCH3 is 1. The quantitative estimate of drug-likeness (QED) is 0.514. The normalized spacial score (nSPS) is 10.6. The summed E-state index contributed by atoms with van der Waals surface area (Å²) in [6, 6.07) is 24.2. The van der Waals surface area contributed by atoms with Gasteiger partial charge in [-0.05, 0) is 60.7 Å². The highest BCUT2D eigenvalue weighted by atomic mass is 16.5. The van der Waals surface area contributed by atoms with E-state index < -0.39 is 0 Å². The Morgan fingerprint density at radius 2 is 1.56 bits per heavy atom. The van der Waals surface area contributed by atoms with Gasteiger partial charge in [0.2, 0.25) is 0 Å². The number of hydrogen-bond acceptors (Lipinski definition) is 3. The van der Waals surface area contributed by atoms with E-state index in [-0.39, 0.29) is 5.91 Å². The first kappa shape index (κ1) is 16.7. The number of para-hydroxylation sites is 1. The van der Waals surface area contributed by atoms with Crippen molar-refractivity contribution in [3.63, 3.8) is 0 Å². The van der Waals surface area contributed by atoms with Gasteiger partial charge in [-0.2, -0.15) is 0 Å². The third-order valence-electron chi connectivity index (χ3n) is 4.16. The van der Waals surface area contributed by atoms with Crippen LogP contribution in [0.2, 0.25) is 0 Å². The molecule has 0 unspecified atom stereocenters. The second-order valence-corrected chi connectivity index (χ2v) is 6.03. The predicted molar refractivity (Wildman–Crippen MR) is 106 cm³/mol. The first-order valence-corrected chi connectivity index (χ1v) is 8.52. The molecule has 5 nitrogen and oxygen atoms in total. The number of amides is 1. The zero-order valence-electron chi connectivity index (χ0n) is 14.7. The molecule has 0 saturated heterocycles. The highest BCUT2D eigenvalue weighted by Gasteiger charge is 2.10. The summed E-state index contributed by atoms with van der Waals surface area (Å²) < 4.78 is 11.0. The molecule has 3 aromatic carbocycles. The van der Waals surface area contributed by atoms with E-state index in [0.717, 1.165) is 22.4 Å². The van der Waals surface area contributed by atoms with E-state index in [9.17, 15) is 4.79 Å². The molecule has 4 rings (SSSR count). The summed E-state index contributed by atoms with van der Waals surface area (Å²) in [5, 5.41) is 3.80. The number of benzene rings is 3. The average molecular weight is 358 g/mol. The Morgan fingerprint density at radius 1 is 0.852 bits per heavy atom. The van der Waals surface area contributed by atoms with Crippen molar-refractivity contribution < 1.29 is 14.3 Å². The number of nitrogens with one attached hydrogen (secondary N) is 2. The first-order valence-electron chi connectivity index (χ1n) is 8.52. The predicted octanol–water partition coefficient (Wildman–Crippen LogP) is 5.22. The number of carbonyl (C=O) groups is 1. The van der Waals surface area contributed by atoms with Gasteiger partial charge in [0, 0.05) is 16.6 Å². The molecule has 1 aromatic heterocycles. The summed E-state index contributed by atoms with van der Waals surface area (Å²) in [6.45, 7) is 0. The molecule has 4 aromatic rings. The Labute approximate surface area is 156 Å². The van der Waals surface area contributed by atoms with Gasteiger partial charge in [-0.3, -0.25) is 4.79 Å². The van der Waals surface area contributed by atoms with Crippen molar-refractivity contribution in [2.24, 2.45) is 0 Å². The molecule has 2 N–H and O–H groups in total. The van der Waals surface area contributed by atoms with Gasteiger partial charge in [-0.15, -0.1) is 0 Å². The van der Waals surface area contributed by atoms with Crippen LogP contribution in [-0.2, 0) is 0 Å². The van der Waals surface area contributed by atoms with Crippen LogP contribution < -0.4 is 14.8 Å². The highest BCUT2D eigenvalue weighted by molar-refractivity contribution is 6.06. The highest BCUT2D eigenvalue weighted by Crippen LogP contribution is 2.24. The van der Waals surface area contributed by atoms with E-state index in [1.165, 1.54) is 0 Å². The summed E-state index contributed by atoms with van der Waals surface area (Å²) in [7, 11) is 1.62. The maximum Gasteiger partial charge on any atom is 0.272 e. The Hall–Kier alpha value is -3.73. The summed E-state index contributed by atoms with van der Waals surface area (Å²) in [5.41, 5.74) is 2.06. The minimum atomic E-state index is -0.207. The van der Waals surface area contributed by atoms with E-state index in [1.807, 2.05) is 72.8 Å². The summed E-state index contributed by atoms with van der Waals surface area (Å²) in [5.74, 6) is 2.02. The molecule has 5 heteroatoms. The molecule has 0 bridgehead atoms. The molecular weight excluding hydrogens is 340 g/mol. The summed E-state index contributed by atoms with van der Waals surface area (Å²) in [6.07, 6.45) is 0. The molecule has 27 heavy (non-hydrogen) atoms. The van der Waals surface area contributed by atoms with E-state index in [0.29, 0.717) is 17.1 Å². The molecular formula is C22H18N2O3. The minimum Gasteiger partial charge on any atom is -0.497 e. The van der Waals surface area contributed by atoms with Gasteiger partial charge >= 0.3 is 0 Å². The SMILES string of the molecule is COc1ccc2[nH]c(C(=O)Nc3ccc(Oc4ccccc4)cc3)cc2c1. The second-order valence-electron chi connectivity index (χ2n) is 6.03. The monoisotopic (exact) mass is 358 g/mol. The van der Waals surface area contributed by atoms with Crippen molar-refractivity contribution in [2.75, 3.05) is 12.4 Å². The lowest BCUT2D eigenvalue weighted by atomic mass is 10.2. The zero-order chi connectivity index (χ0) is 18.6. The number of carbonyl (C=O) groups excluding carboxylic acids is 1. The second kappa shape index (κ2) is 7.25. The number of anilines is 1. The molecule has 0 radical (unpaired) electrons. The van der Waals surface area contributed by atoms with Crippen molar-refractivity contribution in [1.29, 1.82) is 0 Å². The van der Waals surface area contributed by atoms with Crippen LogP contribution in [0.4, 0.5) is 5.69 Å². The van der Waals surface area contributed by atoms with E-state index in [1.54, 1.807) is 13.2 Å². The van der Waals surface area contributed by atoms with E-state index in [2.05, 4.69) is 10.3 Å². The van der Waals surface area contributed by atoms with Crippen LogP contribution in [0.5, 0.6) is 17.2 Å². The fraction of sp³-hybridized carbons (Fsp3) is 0.0455. The fourth-order valence-electron chi connectivity index (χ4n) is 2.79. The van der Waals surface area contributed by atoms with Crippen LogP contribution in [0.15, 0.2) is 78.9 Å². The standard InChI is InChI=1S/C22H18N2O3/c1-26-19-11-12-20-15(13-19)14-21(24-20)22(25)23-16-7-9-18(10-8-16)27-17-5-3-2-4-6-17/h2-14,24H,1H3,(H,23,25). The van der Waals surface area contributed by atoms with E-state index in [4.69, 9.17) is 9.47 Å². The number of rotatable bonds is 5. The third-order valence-corrected chi connectivity index (χ3v) is 4.16. The number of aromatic amines is 1. The Balaban J connectivity index is 1.46. The summed E-state index contributed by atoms with van der Waals surface area (Å²) in [4.78, 5) is 15.6. The van der Waals surface area contributed by atoms with Gasteiger partial charge in [0.1, 0.15) is 22.9 Å². The molecule has 0 saturated carbocycles. The van der Waals surface area contributed by atoms with Gasteiger partial charge in [-0.1, -0.05) is 18.2 Å². The lowest BCUT2D eigenvalue weighted by Crippen LogP contribution is -2.12. The number of ether oxygens (including phenoxy) is 2. The fourth-order valence-corrected chi connectivity index (χ4v) is 2.79. The average Bonchev–Trinajstić information content (AvgIpc) is 3.13. The van der Waals surface area contributed by atoms with Crippen molar-refractivity contribution in [2.45, 2.75) is 0 Å². The number of hydrogen-bond donors (Lipinski definition) is 2. The first-order chi connectivity index (χ1) is 13.2. The number of H-pyrrole nitrogens is 1. The lowest BCUT2D eigenvalue weighted by Gasteiger charge is -2.07. The van der Waals surface area contributed by atoms with Crippen LogP contribution in [0.1, 0.15) is 10.5 Å². The minimum absolute atomic E-state index is 0.207. The third kappa shape index (κ3) is 3.77. The Morgan fingerprint density at radius 3 is 2.30 bits per heavy atom. The largest absolute Gasteiger partial charge is 0.497 e. The number of fused-ring (bicyclic) bond motifs is 1. The van der Waals surface area contributed by atoms with E-state index >= 15 is 0 Å². The van der Waals surface area contributed by atoms with Gasteiger partial charge in [0.25, 0.3) is 5.91 Å². The van der Waals surface area contributed by atoms with Gasteiger partial charge in [0.15, 0.2) is 0 Å². The summed E-state index contributed by atoms with van der Waals surface area (Å²) >= 11 is 0. The zero-order valence-corrected chi connectivity index (χ0v) is 14.7. The van der Waals surface area contributed by atoms with Crippen LogP contribution in [0, 0.1) is 0 Å². The molecule has 0 aliphatic heterocycles. The van der Waals surface area contributed by atoms with Crippen LogP contribution >= 0.6 is 0 Å². The van der Waals surface area contributed by atoms with Crippen LogP contribution in [-0.4, -0.2) is 18.0 Å². The van der Waals surface area contributed by atoms with Crippen LogP contribution in [0.25, 0.3) is 10.9 Å². The molecule has 1 amide bonds. The molecule has 0 aliphatic carbocycles. The molecule has 134 valence electrons. The molecule has 0 spiro atoms. The van der Waals surface area contributed by atoms with Crippen molar-refractivity contribution >= 4 is 22.5 Å². The van der Waals surface area contributed by atoms with Crippen molar-refractivity contribution in [1.82, 2.24) is 4.98 Å². The van der Waals surface area contributed by atoms with Crippen molar-refractivity contribution in [3.05, 3.63) is 84.6 Å². The number of aromatic nitrogens is 1. The topological polar surface area (TPSA) is 63.4 Å². The molecule has 0 aliphatic rings. The Bertz CT molecular complexity index is 1070. The van der Waals surface area contributed by atoms with Crippen LogP contribution in [0.3, 0.4) is 0 Å².